The van der Waals surface area contributed by atoms with Gasteiger partial charge >= 0.3 is 0 Å². The highest BCUT2D eigenvalue weighted by atomic mass is 16.2. The first-order chi connectivity index (χ1) is 8.76. The first-order valence-corrected chi connectivity index (χ1v) is 7.53. The lowest BCUT2D eigenvalue weighted by Gasteiger charge is -2.43. The largest absolute Gasteiger partial charge is 0.355 e. The second kappa shape index (κ2) is 6.53. The number of nitrogens with zero attached hydrogens (tertiary/aromatic N) is 1. The van der Waals surface area contributed by atoms with Gasteiger partial charge in [-0.2, -0.15) is 0 Å². The summed E-state index contributed by atoms with van der Waals surface area (Å²) in [7, 11) is 0. The fourth-order valence-electron chi connectivity index (χ4n) is 3.16. The van der Waals surface area contributed by atoms with Gasteiger partial charge in [-0.25, -0.2) is 0 Å². The van der Waals surface area contributed by atoms with Gasteiger partial charge < -0.3 is 10.6 Å². The predicted octanol–water partition coefficient (Wildman–Crippen LogP) is 1.12. The molecule has 0 spiro atoms. The second-order valence-corrected chi connectivity index (χ2v) is 5.57. The van der Waals surface area contributed by atoms with Crippen LogP contribution in [-0.4, -0.2) is 48.6 Å². The van der Waals surface area contributed by atoms with Gasteiger partial charge in [-0.05, 0) is 32.1 Å². The van der Waals surface area contributed by atoms with Crippen molar-refractivity contribution in [2.75, 3.05) is 19.6 Å². The zero-order valence-corrected chi connectivity index (χ0v) is 11.7. The van der Waals surface area contributed by atoms with Crippen LogP contribution < -0.4 is 10.6 Å². The fraction of sp³-hybridized carbons (Fsp3) is 0.929. The first kappa shape index (κ1) is 13.8. The fourth-order valence-corrected chi connectivity index (χ4v) is 3.16. The summed E-state index contributed by atoms with van der Waals surface area (Å²) in [6.07, 6.45) is 5.58. The van der Waals surface area contributed by atoms with E-state index in [2.05, 4.69) is 29.4 Å². The lowest BCUT2D eigenvalue weighted by Crippen LogP contribution is -2.61. The van der Waals surface area contributed by atoms with Gasteiger partial charge in [0.2, 0.25) is 5.91 Å². The second-order valence-electron chi connectivity index (χ2n) is 5.57. The molecule has 0 aromatic heterocycles. The lowest BCUT2D eigenvalue weighted by atomic mass is 9.99. The summed E-state index contributed by atoms with van der Waals surface area (Å²) in [5, 5.41) is 6.66. The highest BCUT2D eigenvalue weighted by molar-refractivity contribution is 5.82. The molecule has 2 rings (SSSR count). The van der Waals surface area contributed by atoms with Crippen LogP contribution in [-0.2, 0) is 4.79 Å². The van der Waals surface area contributed by atoms with E-state index in [1.54, 1.807) is 0 Å². The van der Waals surface area contributed by atoms with Crippen molar-refractivity contribution in [3.8, 4) is 0 Å². The minimum Gasteiger partial charge on any atom is -0.355 e. The third-order valence-corrected chi connectivity index (χ3v) is 4.41. The maximum atomic E-state index is 12.2. The normalized spacial score (nSPS) is 35.0. The van der Waals surface area contributed by atoms with Crippen LogP contribution in [0.2, 0.25) is 0 Å². The lowest BCUT2D eigenvalue weighted by molar-refractivity contribution is -0.128. The van der Waals surface area contributed by atoms with Gasteiger partial charge in [0.15, 0.2) is 0 Å². The minimum absolute atomic E-state index is 0.105. The van der Waals surface area contributed by atoms with Crippen molar-refractivity contribution in [1.82, 2.24) is 15.5 Å². The molecule has 104 valence electrons. The summed E-state index contributed by atoms with van der Waals surface area (Å²) in [6.45, 7) is 7.34. The van der Waals surface area contributed by atoms with Gasteiger partial charge in [0, 0.05) is 31.7 Å². The Hall–Kier alpha value is -0.610. The molecule has 0 radical (unpaired) electrons. The summed E-state index contributed by atoms with van der Waals surface area (Å²) in [6, 6.07) is 1.17. The van der Waals surface area contributed by atoms with Crippen LogP contribution >= 0.6 is 0 Å². The summed E-state index contributed by atoms with van der Waals surface area (Å²) in [4.78, 5) is 14.7. The van der Waals surface area contributed by atoms with Crippen LogP contribution in [0.1, 0.15) is 46.0 Å². The van der Waals surface area contributed by atoms with E-state index < -0.39 is 0 Å². The van der Waals surface area contributed by atoms with Gasteiger partial charge in [-0.3, -0.25) is 9.69 Å². The van der Waals surface area contributed by atoms with Crippen molar-refractivity contribution in [3.63, 3.8) is 0 Å². The molecule has 0 aromatic rings. The third kappa shape index (κ3) is 3.04. The van der Waals surface area contributed by atoms with E-state index >= 15 is 0 Å². The third-order valence-electron chi connectivity index (χ3n) is 4.41. The molecule has 2 heterocycles. The van der Waals surface area contributed by atoms with Crippen molar-refractivity contribution in [2.45, 2.75) is 64.1 Å². The molecule has 4 heteroatoms. The van der Waals surface area contributed by atoms with Crippen LogP contribution in [0.15, 0.2) is 0 Å². The number of nitrogens with one attached hydrogen (secondary N) is 2. The summed E-state index contributed by atoms with van der Waals surface area (Å²) < 4.78 is 0. The Labute approximate surface area is 110 Å². The Morgan fingerprint density at radius 1 is 1.28 bits per heavy atom. The van der Waals surface area contributed by atoms with E-state index in [9.17, 15) is 4.79 Å². The van der Waals surface area contributed by atoms with Crippen LogP contribution in [0.5, 0.6) is 0 Å². The maximum absolute atomic E-state index is 12.2. The minimum atomic E-state index is 0.105. The Kier molecular flexibility index (Phi) is 5.01. The number of carbonyl (C=O) groups is 1. The van der Waals surface area contributed by atoms with Crippen LogP contribution in [0.4, 0.5) is 0 Å². The van der Waals surface area contributed by atoms with Gasteiger partial charge in [0.25, 0.3) is 0 Å². The molecule has 3 atom stereocenters. The molecule has 2 saturated heterocycles. The number of hydrogen-bond acceptors (Lipinski definition) is 3. The molecule has 2 aliphatic rings. The van der Waals surface area contributed by atoms with Crippen molar-refractivity contribution in [2.24, 2.45) is 0 Å². The van der Waals surface area contributed by atoms with E-state index in [1.165, 1.54) is 6.42 Å². The van der Waals surface area contributed by atoms with E-state index in [4.69, 9.17) is 0 Å². The van der Waals surface area contributed by atoms with Crippen LogP contribution in [0.25, 0.3) is 0 Å². The number of piperazine rings is 1. The van der Waals surface area contributed by atoms with Gasteiger partial charge in [-0.1, -0.05) is 13.8 Å². The average molecular weight is 253 g/mol. The molecular formula is C14H27N3O. The number of rotatable bonds is 3. The monoisotopic (exact) mass is 253 g/mol. The zero-order valence-electron chi connectivity index (χ0n) is 11.7. The first-order valence-electron chi connectivity index (χ1n) is 7.53. The maximum Gasteiger partial charge on any atom is 0.237 e. The molecule has 4 nitrogen and oxygen atoms in total. The molecule has 0 aliphatic carbocycles. The SMILES string of the molecule is CCC1CN(C2CCCCNC2=O)C(CC)CN1. The summed E-state index contributed by atoms with van der Waals surface area (Å²) in [5.74, 6) is 0.253. The van der Waals surface area contributed by atoms with Gasteiger partial charge in [0.1, 0.15) is 0 Å². The molecule has 0 bridgehead atoms. The summed E-state index contributed by atoms with van der Waals surface area (Å²) >= 11 is 0. The van der Waals surface area contributed by atoms with E-state index in [0.29, 0.717) is 12.1 Å². The molecule has 1 amide bonds. The highest BCUT2D eigenvalue weighted by Gasteiger charge is 2.35. The Bertz CT molecular complexity index is 282. The topological polar surface area (TPSA) is 44.4 Å². The van der Waals surface area contributed by atoms with Crippen molar-refractivity contribution in [3.05, 3.63) is 0 Å². The zero-order chi connectivity index (χ0) is 13.0. The van der Waals surface area contributed by atoms with E-state index in [-0.39, 0.29) is 11.9 Å². The predicted molar refractivity (Wildman–Crippen MR) is 73.5 cm³/mol. The smallest absolute Gasteiger partial charge is 0.237 e. The molecule has 18 heavy (non-hydrogen) atoms. The molecule has 3 unspecified atom stereocenters. The Morgan fingerprint density at radius 2 is 2.11 bits per heavy atom. The highest BCUT2D eigenvalue weighted by Crippen LogP contribution is 2.20. The molecule has 0 aromatic carbocycles. The molecule has 2 N–H and O–H groups in total. The Morgan fingerprint density at radius 3 is 2.83 bits per heavy atom. The quantitative estimate of drug-likeness (QED) is 0.792. The van der Waals surface area contributed by atoms with Crippen molar-refractivity contribution < 1.29 is 4.79 Å². The Balaban J connectivity index is 2.07. The van der Waals surface area contributed by atoms with Crippen molar-refractivity contribution in [1.29, 1.82) is 0 Å². The van der Waals surface area contributed by atoms with Gasteiger partial charge in [0.05, 0.1) is 6.04 Å². The molecule has 2 aliphatic heterocycles. The van der Waals surface area contributed by atoms with E-state index in [1.807, 2.05) is 0 Å². The molecular weight excluding hydrogens is 226 g/mol. The molecule has 2 fully saturated rings. The molecule has 0 saturated carbocycles. The number of hydrogen-bond donors (Lipinski definition) is 2. The standard InChI is InChI=1S/C14H27N3O/c1-3-11-10-17(12(4-2)9-16-11)13-7-5-6-8-15-14(13)18/h11-13,16H,3-10H2,1-2H3,(H,15,18). The van der Waals surface area contributed by atoms with Gasteiger partial charge in [-0.15, -0.1) is 0 Å². The number of carbonyl (C=O) groups excluding carboxylic acids is 1. The number of amides is 1. The average Bonchev–Trinajstić information content (AvgIpc) is 2.62. The summed E-state index contributed by atoms with van der Waals surface area (Å²) in [5.41, 5.74) is 0. The van der Waals surface area contributed by atoms with Crippen LogP contribution in [0.3, 0.4) is 0 Å². The van der Waals surface area contributed by atoms with Crippen molar-refractivity contribution >= 4 is 5.91 Å². The van der Waals surface area contributed by atoms with Crippen LogP contribution in [0, 0.1) is 0 Å². The van der Waals surface area contributed by atoms with E-state index in [0.717, 1.165) is 45.3 Å².